The first-order valence-electron chi connectivity index (χ1n) is 16.4. The Bertz CT molecular complexity index is 1660. The SMILES string of the molecule is C=CC(=O)OCCCOc1ccc(OC(=O)c2ccc3c(c2)C(C)c2cc(OCCCCOC(=O)C(=C)CC(O)OCC)ccc2-3)cc1C. The van der Waals surface area contributed by atoms with Crippen LogP contribution in [0.5, 0.6) is 17.2 Å². The summed E-state index contributed by atoms with van der Waals surface area (Å²) in [6, 6.07) is 16.8. The molecule has 0 aliphatic heterocycles. The number of unbranched alkanes of at least 4 members (excludes halogenated alkanes) is 1. The Labute approximate surface area is 287 Å². The van der Waals surface area contributed by atoms with Crippen LogP contribution in [0.15, 0.2) is 79.4 Å². The molecule has 2 atom stereocenters. The summed E-state index contributed by atoms with van der Waals surface area (Å²) >= 11 is 0. The van der Waals surface area contributed by atoms with Crippen LogP contribution in [0.3, 0.4) is 0 Å². The maximum Gasteiger partial charge on any atom is 0.343 e. The predicted octanol–water partition coefficient (Wildman–Crippen LogP) is 6.85. The summed E-state index contributed by atoms with van der Waals surface area (Å²) in [4.78, 5) is 36.3. The average molecular weight is 673 g/mol. The molecule has 4 rings (SSSR count). The van der Waals surface area contributed by atoms with Crippen LogP contribution in [-0.4, -0.2) is 62.3 Å². The fraction of sp³-hybridized carbons (Fsp3) is 0.359. The smallest absolute Gasteiger partial charge is 0.343 e. The lowest BCUT2D eigenvalue weighted by Crippen LogP contribution is -2.17. The summed E-state index contributed by atoms with van der Waals surface area (Å²) in [7, 11) is 0. The number of esters is 3. The quantitative estimate of drug-likeness (QED) is 0.0475. The molecule has 0 bridgehead atoms. The second-order valence-corrected chi connectivity index (χ2v) is 11.6. The van der Waals surface area contributed by atoms with Gasteiger partial charge in [-0.05, 0) is 97.0 Å². The Kier molecular flexibility index (Phi) is 13.6. The van der Waals surface area contributed by atoms with Crippen molar-refractivity contribution in [1.29, 1.82) is 0 Å². The summed E-state index contributed by atoms with van der Waals surface area (Å²) in [5, 5.41) is 9.65. The van der Waals surface area contributed by atoms with Crippen molar-refractivity contribution in [2.75, 3.05) is 33.0 Å². The number of carbonyl (C=O) groups is 3. The Morgan fingerprint density at radius 2 is 1.53 bits per heavy atom. The number of ether oxygens (including phenoxy) is 6. The van der Waals surface area contributed by atoms with Gasteiger partial charge in [-0.1, -0.05) is 32.2 Å². The van der Waals surface area contributed by atoms with Crippen molar-refractivity contribution in [1.82, 2.24) is 0 Å². The fourth-order valence-corrected chi connectivity index (χ4v) is 5.39. The second kappa shape index (κ2) is 18.0. The van der Waals surface area contributed by atoms with E-state index >= 15 is 0 Å². The van der Waals surface area contributed by atoms with E-state index in [4.69, 9.17) is 28.4 Å². The van der Waals surface area contributed by atoms with Gasteiger partial charge in [-0.3, -0.25) is 0 Å². The van der Waals surface area contributed by atoms with Crippen molar-refractivity contribution in [3.63, 3.8) is 0 Å². The highest BCUT2D eigenvalue weighted by molar-refractivity contribution is 5.93. The number of rotatable bonds is 19. The Balaban J connectivity index is 1.24. The predicted molar refractivity (Wildman–Crippen MR) is 184 cm³/mol. The van der Waals surface area contributed by atoms with E-state index in [1.54, 1.807) is 31.2 Å². The first kappa shape index (κ1) is 36.9. The van der Waals surface area contributed by atoms with Gasteiger partial charge < -0.3 is 33.5 Å². The molecule has 2 unspecified atom stereocenters. The van der Waals surface area contributed by atoms with Crippen molar-refractivity contribution in [3.05, 3.63) is 102 Å². The number of fused-ring (bicyclic) bond motifs is 3. The first-order chi connectivity index (χ1) is 23.6. The highest BCUT2D eigenvalue weighted by atomic mass is 16.6. The fourth-order valence-electron chi connectivity index (χ4n) is 5.39. The summed E-state index contributed by atoms with van der Waals surface area (Å²) in [5.74, 6) is 0.395. The molecule has 3 aromatic carbocycles. The van der Waals surface area contributed by atoms with Gasteiger partial charge in [0.1, 0.15) is 17.2 Å². The molecule has 260 valence electrons. The average Bonchev–Trinajstić information content (AvgIpc) is 3.36. The number of aryl methyl sites for hydroxylation is 1. The molecule has 0 saturated heterocycles. The molecule has 10 nitrogen and oxygen atoms in total. The van der Waals surface area contributed by atoms with Crippen LogP contribution in [0.1, 0.15) is 72.5 Å². The first-order valence-corrected chi connectivity index (χ1v) is 16.4. The summed E-state index contributed by atoms with van der Waals surface area (Å²) < 4.78 is 32.7. The maximum atomic E-state index is 13.1. The molecular formula is C39H44O10. The van der Waals surface area contributed by atoms with E-state index in [1.807, 2.05) is 37.3 Å². The number of aliphatic hydroxyl groups excluding tert-OH is 1. The van der Waals surface area contributed by atoms with Crippen molar-refractivity contribution in [2.45, 2.75) is 58.7 Å². The monoisotopic (exact) mass is 672 g/mol. The highest BCUT2D eigenvalue weighted by Gasteiger charge is 2.27. The van der Waals surface area contributed by atoms with Gasteiger partial charge in [0.2, 0.25) is 0 Å². The van der Waals surface area contributed by atoms with E-state index in [2.05, 4.69) is 20.1 Å². The molecule has 1 aliphatic carbocycles. The zero-order valence-corrected chi connectivity index (χ0v) is 28.3. The lowest BCUT2D eigenvalue weighted by Gasteiger charge is -2.12. The Morgan fingerprint density at radius 1 is 0.857 bits per heavy atom. The zero-order chi connectivity index (χ0) is 35.3. The van der Waals surface area contributed by atoms with E-state index in [0.717, 1.165) is 39.6 Å². The lowest BCUT2D eigenvalue weighted by molar-refractivity contribution is -0.141. The molecule has 0 fully saturated rings. The molecule has 0 saturated carbocycles. The molecule has 1 N–H and O–H groups in total. The van der Waals surface area contributed by atoms with Crippen LogP contribution < -0.4 is 14.2 Å². The molecular weight excluding hydrogens is 628 g/mol. The van der Waals surface area contributed by atoms with Crippen LogP contribution in [0.4, 0.5) is 0 Å². The molecule has 0 spiro atoms. The number of carbonyl (C=O) groups excluding carboxylic acids is 3. The van der Waals surface area contributed by atoms with Crippen molar-refractivity contribution >= 4 is 17.9 Å². The third kappa shape index (κ3) is 10.3. The normalized spacial score (nSPS) is 13.4. The Morgan fingerprint density at radius 3 is 2.27 bits per heavy atom. The minimum Gasteiger partial charge on any atom is -0.494 e. The van der Waals surface area contributed by atoms with Crippen LogP contribution in [-0.2, 0) is 23.8 Å². The number of benzene rings is 3. The largest absolute Gasteiger partial charge is 0.494 e. The number of hydrogen-bond acceptors (Lipinski definition) is 10. The molecule has 49 heavy (non-hydrogen) atoms. The van der Waals surface area contributed by atoms with Crippen molar-refractivity contribution in [3.8, 4) is 28.4 Å². The van der Waals surface area contributed by atoms with Gasteiger partial charge in [0.25, 0.3) is 0 Å². The van der Waals surface area contributed by atoms with Crippen molar-refractivity contribution < 1.29 is 47.9 Å². The van der Waals surface area contributed by atoms with Crippen molar-refractivity contribution in [2.24, 2.45) is 0 Å². The minimum atomic E-state index is -1.07. The van der Waals surface area contributed by atoms with Crippen LogP contribution in [0.25, 0.3) is 11.1 Å². The molecule has 0 amide bonds. The molecule has 0 aromatic heterocycles. The highest BCUT2D eigenvalue weighted by Crippen LogP contribution is 2.46. The van der Waals surface area contributed by atoms with Crippen LogP contribution >= 0.6 is 0 Å². The standard InChI is InChI=1S/C39H44O10/c1-6-36(40)47-20-10-19-46-35-16-13-30(21-25(35)3)49-39(43)28-11-14-31-32-15-12-29(24-34(32)27(5)33(31)23-28)45-17-8-9-18-48-38(42)26(4)22-37(41)44-7-2/h6,11-16,21,23-24,27,37,41H,1,4,7-10,17-20,22H2,2-3,5H3. The van der Waals surface area contributed by atoms with Gasteiger partial charge in [0.05, 0.1) is 32.0 Å². The molecule has 0 heterocycles. The second-order valence-electron chi connectivity index (χ2n) is 11.6. The molecule has 1 aliphatic rings. The zero-order valence-electron chi connectivity index (χ0n) is 28.3. The minimum absolute atomic E-state index is 0.00818. The number of hydrogen-bond donors (Lipinski definition) is 1. The van der Waals surface area contributed by atoms with E-state index in [9.17, 15) is 19.5 Å². The maximum absolute atomic E-state index is 13.1. The third-order valence-electron chi connectivity index (χ3n) is 7.96. The Hall–Kier alpha value is -4.93. The lowest BCUT2D eigenvalue weighted by atomic mass is 9.98. The van der Waals surface area contributed by atoms with Gasteiger partial charge in [-0.2, -0.15) is 0 Å². The van der Waals surface area contributed by atoms with E-state index < -0.39 is 24.2 Å². The molecule has 0 radical (unpaired) electrons. The molecule has 10 heteroatoms. The molecule has 3 aromatic rings. The van der Waals surface area contributed by atoms with E-state index in [0.29, 0.717) is 56.1 Å². The van der Waals surface area contributed by atoms with Gasteiger partial charge >= 0.3 is 17.9 Å². The number of aliphatic hydroxyl groups is 1. The topological polar surface area (TPSA) is 127 Å². The van der Waals surface area contributed by atoms with Gasteiger partial charge in [-0.15, -0.1) is 0 Å². The summed E-state index contributed by atoms with van der Waals surface area (Å²) in [6.07, 6.45) is 1.90. The third-order valence-corrected chi connectivity index (χ3v) is 7.96. The summed E-state index contributed by atoms with van der Waals surface area (Å²) in [5.41, 5.74) is 5.76. The van der Waals surface area contributed by atoms with Gasteiger partial charge in [0, 0.05) is 37.0 Å². The van der Waals surface area contributed by atoms with Crippen LogP contribution in [0, 0.1) is 6.92 Å². The van der Waals surface area contributed by atoms with Gasteiger partial charge in [0.15, 0.2) is 6.29 Å². The van der Waals surface area contributed by atoms with E-state index in [-0.39, 0.29) is 31.1 Å². The van der Waals surface area contributed by atoms with E-state index in [1.165, 1.54) is 0 Å². The van der Waals surface area contributed by atoms with Crippen LogP contribution in [0.2, 0.25) is 0 Å². The van der Waals surface area contributed by atoms with Gasteiger partial charge in [-0.25, -0.2) is 14.4 Å². The summed E-state index contributed by atoms with van der Waals surface area (Å²) in [6.45, 7) is 14.4.